The number of aromatic amines is 1. The van der Waals surface area contributed by atoms with Crippen molar-refractivity contribution in [2.24, 2.45) is 5.41 Å². The number of rotatable bonds is 3. The molecule has 0 saturated carbocycles. The van der Waals surface area contributed by atoms with Crippen LogP contribution in [0.2, 0.25) is 0 Å². The Morgan fingerprint density at radius 2 is 1.92 bits per heavy atom. The molecule has 2 aromatic rings. The van der Waals surface area contributed by atoms with Gasteiger partial charge in [0.2, 0.25) is 5.91 Å². The molecule has 1 spiro atoms. The molecule has 2 N–H and O–H groups in total. The van der Waals surface area contributed by atoms with Gasteiger partial charge in [0.15, 0.2) is 0 Å². The lowest BCUT2D eigenvalue weighted by Gasteiger charge is -2.38. The lowest BCUT2D eigenvalue weighted by atomic mass is 9.78. The van der Waals surface area contributed by atoms with Crippen LogP contribution >= 0.6 is 24.8 Å². The second kappa shape index (κ2) is 8.39. The van der Waals surface area contributed by atoms with Gasteiger partial charge in [-0.2, -0.15) is 0 Å². The zero-order chi connectivity index (χ0) is 15.7. The first-order valence-corrected chi connectivity index (χ1v) is 8.66. The highest BCUT2D eigenvalue weighted by molar-refractivity contribution is 5.85. The zero-order valence-corrected chi connectivity index (χ0v) is 15.9. The fraction of sp³-hybridized carbons (Fsp3) is 0.556. The van der Waals surface area contributed by atoms with Gasteiger partial charge in [-0.1, -0.05) is 12.1 Å². The highest BCUT2D eigenvalue weighted by Crippen LogP contribution is 2.37. The van der Waals surface area contributed by atoms with Gasteiger partial charge in [0.25, 0.3) is 0 Å². The van der Waals surface area contributed by atoms with E-state index in [-0.39, 0.29) is 30.7 Å². The summed E-state index contributed by atoms with van der Waals surface area (Å²) in [6.07, 6.45) is 4.81. The average Bonchev–Trinajstić information content (AvgIpc) is 3.20. The molecule has 2 aliphatic rings. The number of nitrogens with zero attached hydrogens (tertiary/aromatic N) is 2. The summed E-state index contributed by atoms with van der Waals surface area (Å²) in [4.78, 5) is 22.4. The number of para-hydroxylation sites is 2. The molecule has 138 valence electrons. The molecule has 4 rings (SSSR count). The number of aryl methyl sites for hydroxylation is 1. The van der Waals surface area contributed by atoms with E-state index in [9.17, 15) is 4.79 Å². The van der Waals surface area contributed by atoms with E-state index in [1.807, 2.05) is 29.2 Å². The third-order valence-corrected chi connectivity index (χ3v) is 5.52. The standard InChI is InChI=1S/C18H24N4O.2ClH/c23-17(22-11-8-18(9-12-22)7-10-19-13-18)6-5-16-20-14-3-1-2-4-15(14)21-16;;/h1-4,19H,5-13H2,(H,20,21);2*1H. The molecule has 0 radical (unpaired) electrons. The molecule has 0 unspecified atom stereocenters. The minimum absolute atomic E-state index is 0. The molecule has 0 aliphatic carbocycles. The molecule has 2 fully saturated rings. The number of H-pyrrole nitrogens is 1. The maximum atomic E-state index is 12.5. The summed E-state index contributed by atoms with van der Waals surface area (Å²) in [5, 5.41) is 3.47. The van der Waals surface area contributed by atoms with Crippen molar-refractivity contribution in [3.63, 3.8) is 0 Å². The summed E-state index contributed by atoms with van der Waals surface area (Å²) in [7, 11) is 0. The smallest absolute Gasteiger partial charge is 0.223 e. The van der Waals surface area contributed by atoms with Crippen molar-refractivity contribution in [1.82, 2.24) is 20.2 Å². The Morgan fingerprint density at radius 3 is 2.60 bits per heavy atom. The number of imidazole rings is 1. The fourth-order valence-electron chi connectivity index (χ4n) is 3.96. The summed E-state index contributed by atoms with van der Waals surface area (Å²) >= 11 is 0. The number of carbonyl (C=O) groups is 1. The average molecular weight is 385 g/mol. The summed E-state index contributed by atoms with van der Waals surface area (Å²) in [6.45, 7) is 4.11. The van der Waals surface area contributed by atoms with Crippen LogP contribution in [0.3, 0.4) is 0 Å². The number of fused-ring (bicyclic) bond motifs is 1. The third-order valence-electron chi connectivity index (χ3n) is 5.52. The molecule has 3 heterocycles. The number of halogens is 2. The molecular formula is C18H26Cl2N4O. The van der Waals surface area contributed by atoms with Crippen molar-refractivity contribution >= 4 is 41.8 Å². The van der Waals surface area contributed by atoms with Crippen LogP contribution in [-0.2, 0) is 11.2 Å². The summed E-state index contributed by atoms with van der Waals surface area (Å²) in [6, 6.07) is 8.00. The molecule has 1 aromatic heterocycles. The van der Waals surface area contributed by atoms with Crippen molar-refractivity contribution in [1.29, 1.82) is 0 Å². The van der Waals surface area contributed by atoms with Gasteiger partial charge < -0.3 is 15.2 Å². The monoisotopic (exact) mass is 384 g/mol. The van der Waals surface area contributed by atoms with Crippen LogP contribution in [0.1, 0.15) is 31.5 Å². The highest BCUT2D eigenvalue weighted by atomic mass is 35.5. The molecule has 1 amide bonds. The molecular weight excluding hydrogens is 359 g/mol. The van der Waals surface area contributed by atoms with Gasteiger partial charge in [0, 0.05) is 32.5 Å². The van der Waals surface area contributed by atoms with E-state index >= 15 is 0 Å². The largest absolute Gasteiger partial charge is 0.343 e. The molecule has 7 heteroatoms. The van der Waals surface area contributed by atoms with E-state index in [1.54, 1.807) is 0 Å². The predicted octanol–water partition coefficient (Wildman–Crippen LogP) is 2.94. The van der Waals surface area contributed by atoms with E-state index in [0.717, 1.165) is 55.9 Å². The van der Waals surface area contributed by atoms with E-state index in [1.165, 1.54) is 6.42 Å². The van der Waals surface area contributed by atoms with Crippen molar-refractivity contribution in [2.75, 3.05) is 26.2 Å². The van der Waals surface area contributed by atoms with Gasteiger partial charge >= 0.3 is 0 Å². The van der Waals surface area contributed by atoms with E-state index < -0.39 is 0 Å². The third kappa shape index (κ3) is 4.27. The minimum atomic E-state index is 0. The van der Waals surface area contributed by atoms with Crippen molar-refractivity contribution in [3.8, 4) is 0 Å². The van der Waals surface area contributed by atoms with E-state index in [0.29, 0.717) is 18.3 Å². The fourth-order valence-corrected chi connectivity index (χ4v) is 3.96. The number of amides is 1. The normalized spacial score (nSPS) is 18.8. The van der Waals surface area contributed by atoms with Crippen LogP contribution in [-0.4, -0.2) is 47.0 Å². The number of carbonyl (C=O) groups excluding carboxylic acids is 1. The second-order valence-corrected chi connectivity index (χ2v) is 7.01. The topological polar surface area (TPSA) is 61.0 Å². The summed E-state index contributed by atoms with van der Waals surface area (Å²) in [5.41, 5.74) is 2.49. The van der Waals surface area contributed by atoms with Crippen LogP contribution in [0, 0.1) is 5.41 Å². The van der Waals surface area contributed by atoms with Crippen LogP contribution in [0.15, 0.2) is 24.3 Å². The number of aromatic nitrogens is 2. The van der Waals surface area contributed by atoms with Gasteiger partial charge in [-0.25, -0.2) is 4.98 Å². The van der Waals surface area contributed by atoms with Crippen LogP contribution in [0.4, 0.5) is 0 Å². The first-order valence-electron chi connectivity index (χ1n) is 8.66. The maximum absolute atomic E-state index is 12.5. The van der Waals surface area contributed by atoms with Gasteiger partial charge in [0.05, 0.1) is 11.0 Å². The summed E-state index contributed by atoms with van der Waals surface area (Å²) in [5.74, 6) is 1.18. The predicted molar refractivity (Wildman–Crippen MR) is 105 cm³/mol. The Balaban J connectivity index is 0.00000113. The number of hydrogen-bond acceptors (Lipinski definition) is 3. The van der Waals surface area contributed by atoms with Crippen molar-refractivity contribution in [3.05, 3.63) is 30.1 Å². The first-order chi connectivity index (χ1) is 11.2. The zero-order valence-electron chi connectivity index (χ0n) is 14.3. The lowest BCUT2D eigenvalue weighted by molar-refractivity contribution is -0.133. The minimum Gasteiger partial charge on any atom is -0.343 e. The lowest BCUT2D eigenvalue weighted by Crippen LogP contribution is -2.44. The second-order valence-electron chi connectivity index (χ2n) is 7.01. The highest BCUT2D eigenvalue weighted by Gasteiger charge is 2.37. The van der Waals surface area contributed by atoms with Gasteiger partial charge in [-0.05, 0) is 43.4 Å². The molecule has 1 aromatic carbocycles. The quantitative estimate of drug-likeness (QED) is 0.854. The first kappa shape index (κ1) is 20.0. The molecule has 2 aliphatic heterocycles. The Hall–Kier alpha value is -1.30. The van der Waals surface area contributed by atoms with Crippen LogP contribution in [0.5, 0.6) is 0 Å². The number of likely N-dealkylation sites (tertiary alicyclic amines) is 1. The Labute approximate surface area is 160 Å². The Kier molecular flexibility index (Phi) is 6.72. The van der Waals surface area contributed by atoms with Gasteiger partial charge in [-0.15, -0.1) is 24.8 Å². The summed E-state index contributed by atoms with van der Waals surface area (Å²) < 4.78 is 0. The molecule has 0 atom stereocenters. The van der Waals surface area contributed by atoms with Crippen molar-refractivity contribution < 1.29 is 4.79 Å². The number of benzene rings is 1. The van der Waals surface area contributed by atoms with Crippen molar-refractivity contribution in [2.45, 2.75) is 32.1 Å². The van der Waals surface area contributed by atoms with Gasteiger partial charge in [-0.3, -0.25) is 4.79 Å². The van der Waals surface area contributed by atoms with E-state index in [4.69, 9.17) is 0 Å². The number of nitrogens with one attached hydrogen (secondary N) is 2. The Bertz CT molecular complexity index is 669. The number of hydrogen-bond donors (Lipinski definition) is 2. The van der Waals surface area contributed by atoms with E-state index in [2.05, 4.69) is 15.3 Å². The molecule has 25 heavy (non-hydrogen) atoms. The molecule has 2 saturated heterocycles. The maximum Gasteiger partial charge on any atom is 0.223 e. The number of piperidine rings is 1. The van der Waals surface area contributed by atoms with Crippen LogP contribution in [0.25, 0.3) is 11.0 Å². The molecule has 5 nitrogen and oxygen atoms in total. The molecule has 0 bridgehead atoms. The van der Waals surface area contributed by atoms with Gasteiger partial charge in [0.1, 0.15) is 5.82 Å². The SMILES string of the molecule is Cl.Cl.O=C(CCc1nc2ccccc2[nH]1)N1CCC2(CCNC2)CC1. The van der Waals surface area contributed by atoms with Crippen LogP contribution < -0.4 is 5.32 Å². The Morgan fingerprint density at radius 1 is 1.16 bits per heavy atom.